The first kappa shape index (κ1) is 31.6. The van der Waals surface area contributed by atoms with E-state index in [1.807, 2.05) is 66.9 Å². The summed E-state index contributed by atoms with van der Waals surface area (Å²) in [5.74, 6) is 0.361. The maximum Gasteiger partial charge on any atom is 0.269 e. The quantitative estimate of drug-likeness (QED) is 0.103. The van der Waals surface area contributed by atoms with Crippen LogP contribution in [0, 0.1) is 17.0 Å². The van der Waals surface area contributed by atoms with Crippen molar-refractivity contribution in [2.75, 3.05) is 12.9 Å². The van der Waals surface area contributed by atoms with Crippen LogP contribution < -0.4 is 10.1 Å². The van der Waals surface area contributed by atoms with Crippen LogP contribution in [-0.4, -0.2) is 55.1 Å². The van der Waals surface area contributed by atoms with Crippen molar-refractivity contribution < 1.29 is 19.2 Å². The van der Waals surface area contributed by atoms with Crippen LogP contribution in [0.1, 0.15) is 44.6 Å². The molecule has 3 aromatic carbocycles. The fourth-order valence-electron chi connectivity index (χ4n) is 5.13. The molecule has 0 aliphatic carbocycles. The summed E-state index contributed by atoms with van der Waals surface area (Å²) in [4.78, 5) is 38.2. The number of rotatable bonds is 11. The van der Waals surface area contributed by atoms with Gasteiger partial charge in [0.15, 0.2) is 11.0 Å². The first-order valence-corrected chi connectivity index (χ1v) is 16.4. The van der Waals surface area contributed by atoms with E-state index in [4.69, 9.17) is 9.84 Å². The highest BCUT2D eigenvalue weighted by molar-refractivity contribution is 7.99. The molecule has 3 heterocycles. The molecule has 1 aliphatic rings. The van der Waals surface area contributed by atoms with Gasteiger partial charge in [-0.1, -0.05) is 59.8 Å². The Morgan fingerprint density at radius 3 is 2.51 bits per heavy atom. The minimum atomic E-state index is -0.525. The van der Waals surface area contributed by atoms with Gasteiger partial charge in [-0.25, -0.2) is 5.01 Å². The average molecular weight is 668 g/mol. The molecule has 14 heteroatoms. The Morgan fingerprint density at radius 2 is 1.81 bits per heavy atom. The van der Waals surface area contributed by atoms with Gasteiger partial charge in [0.25, 0.3) is 17.5 Å². The van der Waals surface area contributed by atoms with Crippen LogP contribution in [0.4, 0.5) is 5.69 Å². The van der Waals surface area contributed by atoms with Crippen molar-refractivity contribution in [1.29, 1.82) is 0 Å². The van der Waals surface area contributed by atoms with Gasteiger partial charge in [0.1, 0.15) is 5.75 Å². The molecule has 0 spiro atoms. The van der Waals surface area contributed by atoms with Crippen LogP contribution in [0.5, 0.6) is 5.75 Å². The van der Waals surface area contributed by atoms with Gasteiger partial charge in [0.2, 0.25) is 0 Å². The van der Waals surface area contributed by atoms with Crippen LogP contribution in [-0.2, 0) is 11.3 Å². The lowest BCUT2D eigenvalue weighted by molar-refractivity contribution is -0.384. The topological polar surface area (TPSA) is 145 Å². The largest absolute Gasteiger partial charge is 0.495 e. The molecule has 2 aromatic heterocycles. The first-order chi connectivity index (χ1) is 22.8. The lowest BCUT2D eigenvalue weighted by Gasteiger charge is -2.22. The predicted octanol–water partition coefficient (Wildman–Crippen LogP) is 5.95. The summed E-state index contributed by atoms with van der Waals surface area (Å²) in [6.07, 6.45) is 0.607. The minimum Gasteiger partial charge on any atom is -0.495 e. The number of non-ortho nitro benzene ring substituents is 1. The highest BCUT2D eigenvalue weighted by atomic mass is 32.2. The second-order valence-electron chi connectivity index (χ2n) is 10.6. The lowest BCUT2D eigenvalue weighted by Crippen LogP contribution is -2.28. The van der Waals surface area contributed by atoms with Gasteiger partial charge in [-0.2, -0.15) is 5.10 Å². The number of ether oxygens (including phenoxy) is 1. The second-order valence-corrected chi connectivity index (χ2v) is 12.5. The van der Waals surface area contributed by atoms with Crippen molar-refractivity contribution >= 4 is 46.3 Å². The number of amides is 2. The zero-order valence-electron chi connectivity index (χ0n) is 25.4. The number of carbonyl (C=O) groups is 2. The van der Waals surface area contributed by atoms with Gasteiger partial charge in [-0.05, 0) is 48.2 Å². The van der Waals surface area contributed by atoms with Crippen molar-refractivity contribution in [2.24, 2.45) is 5.10 Å². The first-order valence-electron chi connectivity index (χ1n) is 14.6. The summed E-state index contributed by atoms with van der Waals surface area (Å²) < 4.78 is 7.35. The average Bonchev–Trinajstić information content (AvgIpc) is 3.87. The summed E-state index contributed by atoms with van der Waals surface area (Å²) in [6.45, 7) is 2.02. The second kappa shape index (κ2) is 14.0. The number of benzene rings is 3. The third kappa shape index (κ3) is 6.93. The Labute approximate surface area is 278 Å². The molecule has 0 radical (unpaired) electrons. The van der Waals surface area contributed by atoms with E-state index in [1.165, 1.54) is 36.0 Å². The van der Waals surface area contributed by atoms with E-state index in [0.717, 1.165) is 21.7 Å². The number of nitro groups is 1. The number of methoxy groups -OCH3 is 1. The van der Waals surface area contributed by atoms with Gasteiger partial charge >= 0.3 is 0 Å². The number of nitrogens with zero attached hydrogens (tertiary/aromatic N) is 6. The summed E-state index contributed by atoms with van der Waals surface area (Å²) in [5, 5.41) is 31.3. The Balaban J connectivity index is 1.24. The number of hydrogen-bond donors (Lipinski definition) is 1. The molecule has 5 aromatic rings. The molecule has 238 valence electrons. The van der Waals surface area contributed by atoms with Gasteiger partial charge in [-0.3, -0.25) is 24.3 Å². The summed E-state index contributed by atoms with van der Waals surface area (Å²) >= 11 is 2.80. The van der Waals surface area contributed by atoms with Crippen LogP contribution in [0.15, 0.2) is 101 Å². The number of para-hydroxylation sites is 2. The zero-order valence-corrected chi connectivity index (χ0v) is 27.0. The molecule has 0 fully saturated rings. The maximum absolute atomic E-state index is 13.8. The van der Waals surface area contributed by atoms with Crippen molar-refractivity contribution in [2.45, 2.75) is 31.1 Å². The number of hydrogen-bond acceptors (Lipinski definition) is 10. The normalized spacial score (nSPS) is 14.1. The molecule has 0 unspecified atom stereocenters. The van der Waals surface area contributed by atoms with Crippen LogP contribution in [0.25, 0.3) is 5.69 Å². The zero-order chi connectivity index (χ0) is 32.9. The molecule has 47 heavy (non-hydrogen) atoms. The van der Waals surface area contributed by atoms with E-state index in [-0.39, 0.29) is 35.5 Å². The van der Waals surface area contributed by atoms with Crippen LogP contribution in [0.3, 0.4) is 0 Å². The van der Waals surface area contributed by atoms with Crippen molar-refractivity contribution in [1.82, 2.24) is 25.1 Å². The molecule has 1 atom stereocenters. The van der Waals surface area contributed by atoms with E-state index in [2.05, 4.69) is 15.5 Å². The Bertz CT molecular complexity index is 1940. The van der Waals surface area contributed by atoms with Crippen LogP contribution >= 0.6 is 23.1 Å². The van der Waals surface area contributed by atoms with E-state index in [0.29, 0.717) is 28.8 Å². The van der Waals surface area contributed by atoms with Gasteiger partial charge in [0, 0.05) is 24.1 Å². The number of aryl methyl sites for hydroxylation is 1. The molecule has 2 amide bonds. The number of hydrazone groups is 1. The number of thioether (sulfide) groups is 1. The summed E-state index contributed by atoms with van der Waals surface area (Å²) in [5.41, 5.74) is 3.79. The number of thiophene rings is 1. The number of aromatic nitrogens is 3. The highest BCUT2D eigenvalue weighted by Crippen LogP contribution is 2.35. The Hall–Kier alpha value is -5.34. The van der Waals surface area contributed by atoms with Crippen molar-refractivity contribution in [3.05, 3.63) is 128 Å². The molecule has 6 rings (SSSR count). The summed E-state index contributed by atoms with van der Waals surface area (Å²) in [6, 6.07) is 24.5. The third-order valence-corrected chi connectivity index (χ3v) is 9.36. The Kier molecular flexibility index (Phi) is 9.40. The van der Waals surface area contributed by atoms with Crippen molar-refractivity contribution in [3.8, 4) is 11.4 Å². The molecular weight excluding hydrogens is 639 g/mol. The minimum absolute atomic E-state index is 0.00847. The third-order valence-electron chi connectivity index (χ3n) is 7.53. The standard InChI is InChI=1S/C33H29N7O5S2/c1-21-9-11-22(12-10-21)27-18-25(29-8-5-17-46-29)37-39(27)31(41)20-47-33-36-35-30(38(33)26-6-3-4-7-28(26)45-2)19-34-32(42)23-13-15-24(16-14-23)40(43)44/h3-17,27H,18-20H2,1-2H3,(H,34,42)/t27-/m0/s1. The number of nitrogens with one attached hydrogen (secondary N) is 1. The molecule has 0 bridgehead atoms. The van der Waals surface area contributed by atoms with Gasteiger partial charge in [0.05, 0.1) is 46.6 Å². The van der Waals surface area contributed by atoms with Crippen LogP contribution in [0.2, 0.25) is 0 Å². The fourth-order valence-corrected chi connectivity index (χ4v) is 6.67. The highest BCUT2D eigenvalue weighted by Gasteiger charge is 2.34. The molecule has 0 saturated heterocycles. The van der Waals surface area contributed by atoms with Crippen molar-refractivity contribution in [3.63, 3.8) is 0 Å². The molecular formula is C33H29N7O5S2. The molecule has 0 saturated carbocycles. The summed E-state index contributed by atoms with van der Waals surface area (Å²) in [7, 11) is 1.55. The van der Waals surface area contributed by atoms with E-state index in [9.17, 15) is 19.7 Å². The number of carbonyl (C=O) groups excluding carboxylic acids is 2. The SMILES string of the molecule is COc1ccccc1-n1c(CNC(=O)c2ccc([N+](=O)[O-])cc2)nnc1SCC(=O)N1N=C(c2cccs2)C[C@H]1c1ccc(C)cc1. The van der Waals surface area contributed by atoms with E-state index >= 15 is 0 Å². The van der Waals surface area contributed by atoms with Gasteiger partial charge in [-0.15, -0.1) is 21.5 Å². The monoisotopic (exact) mass is 667 g/mol. The van der Waals surface area contributed by atoms with E-state index < -0.39 is 10.8 Å². The molecule has 12 nitrogen and oxygen atoms in total. The Morgan fingerprint density at radius 1 is 1.04 bits per heavy atom. The molecule has 1 N–H and O–H groups in total. The fraction of sp³-hybridized carbons (Fsp3) is 0.182. The predicted molar refractivity (Wildman–Crippen MR) is 179 cm³/mol. The number of nitro benzene ring substituents is 1. The maximum atomic E-state index is 13.8. The van der Waals surface area contributed by atoms with Gasteiger partial charge < -0.3 is 10.1 Å². The molecule has 1 aliphatic heterocycles. The smallest absolute Gasteiger partial charge is 0.269 e. The van der Waals surface area contributed by atoms with E-state index in [1.54, 1.807) is 34.1 Å². The lowest BCUT2D eigenvalue weighted by atomic mass is 10.00.